The predicted molar refractivity (Wildman–Crippen MR) is 71.0 cm³/mol. The van der Waals surface area contributed by atoms with Crippen molar-refractivity contribution in [3.05, 3.63) is 23.8 Å². The largest absolute Gasteiger partial charge is 0.465 e. The summed E-state index contributed by atoms with van der Waals surface area (Å²) in [6.07, 6.45) is 0.625. The molecule has 1 amide bonds. The SMILES string of the molecule is CCN(CC)c1cc(C(=O)OC)ccc1NC=O. The van der Waals surface area contributed by atoms with Crippen LogP contribution in [0.1, 0.15) is 24.2 Å². The van der Waals surface area contributed by atoms with Gasteiger partial charge in [0.25, 0.3) is 0 Å². The number of carbonyl (C=O) groups excluding carboxylic acids is 2. The zero-order chi connectivity index (χ0) is 13.5. The summed E-state index contributed by atoms with van der Waals surface area (Å²) in [4.78, 5) is 24.1. The number of anilines is 2. The van der Waals surface area contributed by atoms with Gasteiger partial charge in [0.15, 0.2) is 0 Å². The second-order valence-corrected chi connectivity index (χ2v) is 3.66. The normalized spacial score (nSPS) is 9.72. The third-order valence-electron chi connectivity index (χ3n) is 2.74. The lowest BCUT2D eigenvalue weighted by Gasteiger charge is -2.24. The van der Waals surface area contributed by atoms with E-state index in [9.17, 15) is 9.59 Å². The Bertz CT molecular complexity index is 428. The molecule has 0 heterocycles. The van der Waals surface area contributed by atoms with Gasteiger partial charge in [-0.1, -0.05) is 0 Å². The first kappa shape index (κ1) is 14.0. The summed E-state index contributed by atoms with van der Waals surface area (Å²) < 4.78 is 4.69. The van der Waals surface area contributed by atoms with Crippen LogP contribution in [0.3, 0.4) is 0 Å². The number of ether oxygens (including phenoxy) is 1. The molecule has 0 aliphatic rings. The lowest BCUT2D eigenvalue weighted by Crippen LogP contribution is -2.23. The first-order chi connectivity index (χ1) is 8.67. The van der Waals surface area contributed by atoms with Crippen LogP contribution in [-0.2, 0) is 9.53 Å². The monoisotopic (exact) mass is 250 g/mol. The first-order valence-electron chi connectivity index (χ1n) is 5.85. The van der Waals surface area contributed by atoms with Crippen LogP contribution in [0.25, 0.3) is 0 Å². The molecule has 0 aliphatic heterocycles. The number of nitrogens with zero attached hydrogens (tertiary/aromatic N) is 1. The summed E-state index contributed by atoms with van der Waals surface area (Å²) in [6, 6.07) is 5.06. The van der Waals surface area contributed by atoms with E-state index < -0.39 is 0 Å². The molecule has 0 aromatic heterocycles. The molecule has 1 N–H and O–H groups in total. The van der Waals surface area contributed by atoms with E-state index in [4.69, 9.17) is 4.74 Å². The standard InChI is InChI=1S/C13H18N2O3/c1-4-15(5-2)12-8-10(13(17)18-3)6-7-11(12)14-9-16/h6-9H,4-5H2,1-3H3,(H,14,16). The van der Waals surface area contributed by atoms with E-state index in [0.717, 1.165) is 18.8 Å². The van der Waals surface area contributed by atoms with Gasteiger partial charge in [-0.15, -0.1) is 0 Å². The number of carbonyl (C=O) groups is 2. The van der Waals surface area contributed by atoms with Crippen LogP contribution in [0.4, 0.5) is 11.4 Å². The van der Waals surface area contributed by atoms with Crippen molar-refractivity contribution in [3.8, 4) is 0 Å². The van der Waals surface area contributed by atoms with E-state index in [0.29, 0.717) is 17.7 Å². The Balaban J connectivity index is 3.22. The minimum Gasteiger partial charge on any atom is -0.465 e. The molecule has 1 aromatic carbocycles. The lowest BCUT2D eigenvalue weighted by molar-refractivity contribution is -0.105. The summed E-state index contributed by atoms with van der Waals surface area (Å²) in [5.41, 5.74) is 1.97. The van der Waals surface area contributed by atoms with Crippen LogP contribution in [0.5, 0.6) is 0 Å². The average molecular weight is 250 g/mol. The highest BCUT2D eigenvalue weighted by Gasteiger charge is 2.13. The number of esters is 1. The van der Waals surface area contributed by atoms with Crippen LogP contribution >= 0.6 is 0 Å². The number of nitrogens with one attached hydrogen (secondary N) is 1. The van der Waals surface area contributed by atoms with Gasteiger partial charge in [0.2, 0.25) is 6.41 Å². The Hall–Kier alpha value is -2.04. The van der Waals surface area contributed by atoms with Crippen molar-refractivity contribution in [3.63, 3.8) is 0 Å². The molecule has 1 aromatic rings. The fraction of sp³-hybridized carbons (Fsp3) is 0.385. The topological polar surface area (TPSA) is 58.6 Å². The lowest BCUT2D eigenvalue weighted by atomic mass is 10.1. The van der Waals surface area contributed by atoms with E-state index in [-0.39, 0.29) is 5.97 Å². The second-order valence-electron chi connectivity index (χ2n) is 3.66. The van der Waals surface area contributed by atoms with Crippen molar-refractivity contribution in [1.29, 1.82) is 0 Å². The molecule has 0 bridgehead atoms. The summed E-state index contributed by atoms with van der Waals surface area (Å²) in [5, 5.41) is 2.64. The molecule has 0 spiro atoms. The van der Waals surface area contributed by atoms with Crippen molar-refractivity contribution < 1.29 is 14.3 Å². The fourth-order valence-corrected chi connectivity index (χ4v) is 1.79. The number of benzene rings is 1. The molecule has 5 nitrogen and oxygen atoms in total. The molecule has 0 atom stereocenters. The minimum absolute atomic E-state index is 0.388. The Morgan fingerprint density at radius 1 is 1.39 bits per heavy atom. The zero-order valence-corrected chi connectivity index (χ0v) is 10.9. The van der Waals surface area contributed by atoms with Crippen molar-refractivity contribution in [2.75, 3.05) is 30.4 Å². The number of hydrogen-bond acceptors (Lipinski definition) is 4. The Morgan fingerprint density at radius 3 is 2.56 bits per heavy atom. The zero-order valence-electron chi connectivity index (χ0n) is 10.9. The maximum absolute atomic E-state index is 11.5. The summed E-state index contributed by atoms with van der Waals surface area (Å²) in [7, 11) is 1.34. The average Bonchev–Trinajstić information content (AvgIpc) is 2.41. The van der Waals surface area contributed by atoms with E-state index in [2.05, 4.69) is 10.2 Å². The molecular weight excluding hydrogens is 232 g/mol. The predicted octanol–water partition coefficient (Wildman–Crippen LogP) is 1.89. The van der Waals surface area contributed by atoms with Crippen molar-refractivity contribution in [2.45, 2.75) is 13.8 Å². The van der Waals surface area contributed by atoms with Crippen LogP contribution in [0.2, 0.25) is 0 Å². The molecule has 5 heteroatoms. The van der Waals surface area contributed by atoms with Gasteiger partial charge < -0.3 is 15.0 Å². The second kappa shape index (κ2) is 6.64. The molecule has 98 valence electrons. The van der Waals surface area contributed by atoms with Crippen molar-refractivity contribution >= 4 is 23.8 Å². The van der Waals surface area contributed by atoms with Crippen LogP contribution in [0, 0.1) is 0 Å². The summed E-state index contributed by atoms with van der Waals surface area (Å²) >= 11 is 0. The first-order valence-corrected chi connectivity index (χ1v) is 5.85. The Kier molecular flexibility index (Phi) is 5.17. The number of amides is 1. The highest BCUT2D eigenvalue weighted by molar-refractivity contribution is 5.93. The molecule has 18 heavy (non-hydrogen) atoms. The van der Waals surface area contributed by atoms with E-state index in [1.807, 2.05) is 13.8 Å². The molecule has 1 rings (SSSR count). The van der Waals surface area contributed by atoms with Gasteiger partial charge in [-0.05, 0) is 32.0 Å². The van der Waals surface area contributed by atoms with Crippen LogP contribution in [0.15, 0.2) is 18.2 Å². The fourth-order valence-electron chi connectivity index (χ4n) is 1.79. The van der Waals surface area contributed by atoms with Crippen molar-refractivity contribution in [2.24, 2.45) is 0 Å². The van der Waals surface area contributed by atoms with Crippen molar-refractivity contribution in [1.82, 2.24) is 0 Å². The maximum atomic E-state index is 11.5. The van der Waals surface area contributed by atoms with Crippen LogP contribution in [-0.4, -0.2) is 32.6 Å². The highest BCUT2D eigenvalue weighted by atomic mass is 16.5. The van der Waals surface area contributed by atoms with Gasteiger partial charge in [0, 0.05) is 13.1 Å². The third-order valence-corrected chi connectivity index (χ3v) is 2.74. The quantitative estimate of drug-likeness (QED) is 0.618. The maximum Gasteiger partial charge on any atom is 0.337 e. The molecule has 0 unspecified atom stereocenters. The van der Waals surface area contributed by atoms with Gasteiger partial charge in [0.05, 0.1) is 24.0 Å². The Morgan fingerprint density at radius 2 is 2.06 bits per heavy atom. The van der Waals surface area contributed by atoms with E-state index in [1.54, 1.807) is 18.2 Å². The van der Waals surface area contributed by atoms with Gasteiger partial charge in [-0.25, -0.2) is 4.79 Å². The number of hydrogen-bond donors (Lipinski definition) is 1. The smallest absolute Gasteiger partial charge is 0.337 e. The number of rotatable bonds is 6. The van der Waals surface area contributed by atoms with E-state index in [1.165, 1.54) is 7.11 Å². The molecule has 0 saturated carbocycles. The summed E-state index contributed by atoms with van der Waals surface area (Å²) in [6.45, 7) is 5.60. The van der Waals surface area contributed by atoms with E-state index >= 15 is 0 Å². The molecule has 0 aliphatic carbocycles. The van der Waals surface area contributed by atoms with Gasteiger partial charge >= 0.3 is 5.97 Å². The van der Waals surface area contributed by atoms with Gasteiger partial charge in [0.1, 0.15) is 0 Å². The third kappa shape index (κ3) is 3.00. The van der Waals surface area contributed by atoms with Crippen LogP contribution < -0.4 is 10.2 Å². The molecular formula is C13H18N2O3. The minimum atomic E-state index is -0.388. The van der Waals surface area contributed by atoms with Gasteiger partial charge in [-0.2, -0.15) is 0 Å². The molecule has 0 saturated heterocycles. The summed E-state index contributed by atoms with van der Waals surface area (Å²) in [5.74, 6) is -0.388. The molecule has 0 fully saturated rings. The highest BCUT2D eigenvalue weighted by Crippen LogP contribution is 2.27. The molecule has 0 radical (unpaired) electrons. The Labute approximate surface area is 107 Å². The number of methoxy groups -OCH3 is 1. The van der Waals surface area contributed by atoms with Gasteiger partial charge in [-0.3, -0.25) is 4.79 Å².